The molecule has 0 bridgehead atoms. The second-order valence-electron chi connectivity index (χ2n) is 4.55. The molecule has 0 aliphatic carbocycles. The number of carbonyl (C=O) groups is 1. The Hall–Kier alpha value is -2.38. The zero-order chi connectivity index (χ0) is 16.1. The Balaban J connectivity index is 1.57. The van der Waals surface area contributed by atoms with E-state index < -0.39 is 0 Å². The molecule has 3 aromatic rings. The fourth-order valence-corrected chi connectivity index (χ4v) is 2.54. The lowest BCUT2D eigenvalue weighted by molar-refractivity contribution is -0.113. The minimum atomic E-state index is -0.138. The molecule has 2 heterocycles. The van der Waals surface area contributed by atoms with E-state index in [1.54, 1.807) is 36.7 Å². The van der Waals surface area contributed by atoms with Gasteiger partial charge in [0.15, 0.2) is 5.82 Å². The summed E-state index contributed by atoms with van der Waals surface area (Å²) >= 11 is 7.11. The molecular weight excluding hydrogens is 334 g/mol. The van der Waals surface area contributed by atoms with Gasteiger partial charge in [0.2, 0.25) is 11.1 Å². The second kappa shape index (κ2) is 7.26. The number of hydrogen-bond acceptors (Lipinski definition) is 5. The first-order valence-corrected chi connectivity index (χ1v) is 8.08. The highest BCUT2D eigenvalue weighted by molar-refractivity contribution is 7.99. The van der Waals surface area contributed by atoms with Gasteiger partial charge in [-0.15, -0.1) is 5.10 Å². The van der Waals surface area contributed by atoms with E-state index in [-0.39, 0.29) is 11.7 Å². The number of thioether (sulfide) groups is 1. The third kappa shape index (κ3) is 4.30. The Kier molecular flexibility index (Phi) is 4.89. The van der Waals surface area contributed by atoms with Crippen LogP contribution in [0.1, 0.15) is 0 Å². The number of nitrogens with one attached hydrogen (secondary N) is 2. The van der Waals surface area contributed by atoms with Crippen LogP contribution in [0.25, 0.3) is 11.4 Å². The third-order valence-corrected chi connectivity index (χ3v) is 3.96. The SMILES string of the molecule is O=C(CSc1n[nH]c(-c2ccc(Cl)cc2)n1)Nc1cccnc1. The van der Waals surface area contributed by atoms with Crippen molar-refractivity contribution >= 4 is 35.0 Å². The molecule has 1 amide bonds. The maximum atomic E-state index is 11.9. The number of H-pyrrole nitrogens is 1. The molecule has 1 aromatic carbocycles. The molecule has 6 nitrogen and oxygen atoms in total. The number of nitrogens with zero attached hydrogens (tertiary/aromatic N) is 3. The van der Waals surface area contributed by atoms with E-state index in [4.69, 9.17) is 11.6 Å². The van der Waals surface area contributed by atoms with Gasteiger partial charge >= 0.3 is 0 Å². The molecule has 0 fully saturated rings. The van der Waals surface area contributed by atoms with E-state index in [0.29, 0.717) is 21.7 Å². The van der Waals surface area contributed by atoms with Gasteiger partial charge in [0, 0.05) is 16.8 Å². The van der Waals surface area contributed by atoms with Gasteiger partial charge in [-0.1, -0.05) is 23.4 Å². The third-order valence-electron chi connectivity index (χ3n) is 2.86. The molecule has 0 radical (unpaired) electrons. The normalized spacial score (nSPS) is 10.5. The van der Waals surface area contributed by atoms with Crippen molar-refractivity contribution in [3.05, 3.63) is 53.8 Å². The molecule has 23 heavy (non-hydrogen) atoms. The summed E-state index contributed by atoms with van der Waals surface area (Å²) in [6.45, 7) is 0. The highest BCUT2D eigenvalue weighted by atomic mass is 35.5. The Morgan fingerprint density at radius 2 is 2.09 bits per heavy atom. The zero-order valence-corrected chi connectivity index (χ0v) is 13.4. The van der Waals surface area contributed by atoms with Crippen LogP contribution in [0, 0.1) is 0 Å². The number of hydrogen-bond donors (Lipinski definition) is 2. The molecule has 0 aliphatic heterocycles. The lowest BCUT2D eigenvalue weighted by atomic mass is 10.2. The van der Waals surface area contributed by atoms with E-state index in [9.17, 15) is 4.79 Å². The summed E-state index contributed by atoms with van der Waals surface area (Å²) in [5, 5.41) is 10.9. The Bertz CT molecular complexity index is 791. The summed E-state index contributed by atoms with van der Waals surface area (Å²) in [6.07, 6.45) is 3.24. The predicted octanol–water partition coefficient (Wildman–Crippen LogP) is 3.25. The topological polar surface area (TPSA) is 83.6 Å². The van der Waals surface area contributed by atoms with Gasteiger partial charge in [-0.05, 0) is 36.4 Å². The number of aromatic nitrogens is 4. The van der Waals surface area contributed by atoms with E-state index in [1.165, 1.54) is 11.8 Å². The average Bonchev–Trinajstić information content (AvgIpc) is 3.04. The van der Waals surface area contributed by atoms with Gasteiger partial charge in [-0.3, -0.25) is 14.9 Å². The summed E-state index contributed by atoms with van der Waals surface area (Å²) in [5.41, 5.74) is 1.54. The number of halogens is 1. The van der Waals surface area contributed by atoms with Crippen LogP contribution in [-0.2, 0) is 4.79 Å². The standard InChI is InChI=1S/C15H12ClN5OS/c16-11-5-3-10(4-6-11)14-19-15(21-20-14)23-9-13(22)18-12-2-1-7-17-8-12/h1-8H,9H2,(H,18,22)(H,19,20,21). The molecular formula is C15H12ClN5OS. The summed E-state index contributed by atoms with van der Waals surface area (Å²) in [5.74, 6) is 0.713. The van der Waals surface area contributed by atoms with Crippen molar-refractivity contribution in [2.45, 2.75) is 5.16 Å². The van der Waals surface area contributed by atoms with Crippen LogP contribution < -0.4 is 5.32 Å². The van der Waals surface area contributed by atoms with Crippen molar-refractivity contribution in [3.63, 3.8) is 0 Å². The Morgan fingerprint density at radius 3 is 2.83 bits per heavy atom. The summed E-state index contributed by atoms with van der Waals surface area (Å²) in [4.78, 5) is 20.1. The minimum Gasteiger partial charge on any atom is -0.324 e. The molecule has 0 aliphatic rings. The molecule has 3 rings (SSSR count). The Labute approximate surface area is 141 Å². The van der Waals surface area contributed by atoms with Crippen LogP contribution in [0.2, 0.25) is 5.02 Å². The van der Waals surface area contributed by atoms with E-state index in [0.717, 1.165) is 5.56 Å². The molecule has 2 aromatic heterocycles. The molecule has 8 heteroatoms. The first kappa shape index (κ1) is 15.5. The number of carbonyl (C=O) groups excluding carboxylic acids is 1. The van der Waals surface area contributed by atoms with Gasteiger partial charge in [0.1, 0.15) is 0 Å². The minimum absolute atomic E-state index is 0.138. The number of rotatable bonds is 5. The fraction of sp³-hybridized carbons (Fsp3) is 0.0667. The van der Waals surface area contributed by atoms with Crippen molar-refractivity contribution in [1.29, 1.82) is 0 Å². The zero-order valence-electron chi connectivity index (χ0n) is 11.9. The smallest absolute Gasteiger partial charge is 0.234 e. The lowest BCUT2D eigenvalue weighted by Crippen LogP contribution is -2.14. The number of pyridine rings is 1. The first-order valence-electron chi connectivity index (χ1n) is 6.72. The molecule has 116 valence electrons. The number of benzene rings is 1. The summed E-state index contributed by atoms with van der Waals surface area (Å²) < 4.78 is 0. The van der Waals surface area contributed by atoms with Crippen molar-refractivity contribution in [2.24, 2.45) is 0 Å². The van der Waals surface area contributed by atoms with Crippen LogP contribution in [0.4, 0.5) is 5.69 Å². The maximum Gasteiger partial charge on any atom is 0.234 e. The molecule has 0 spiro atoms. The molecule has 0 saturated carbocycles. The predicted molar refractivity (Wildman–Crippen MR) is 90.4 cm³/mol. The number of amides is 1. The second-order valence-corrected chi connectivity index (χ2v) is 5.93. The lowest BCUT2D eigenvalue weighted by Gasteiger charge is -2.02. The highest BCUT2D eigenvalue weighted by Crippen LogP contribution is 2.21. The first-order chi connectivity index (χ1) is 11.2. The number of anilines is 1. The Morgan fingerprint density at radius 1 is 1.26 bits per heavy atom. The molecule has 0 atom stereocenters. The van der Waals surface area contributed by atoms with E-state index >= 15 is 0 Å². The summed E-state index contributed by atoms with van der Waals surface area (Å²) in [6, 6.07) is 10.8. The van der Waals surface area contributed by atoms with Gasteiger partial charge < -0.3 is 5.32 Å². The highest BCUT2D eigenvalue weighted by Gasteiger charge is 2.09. The monoisotopic (exact) mass is 345 g/mol. The average molecular weight is 346 g/mol. The van der Waals surface area contributed by atoms with Crippen LogP contribution in [0.15, 0.2) is 53.9 Å². The van der Waals surface area contributed by atoms with Gasteiger partial charge in [0.05, 0.1) is 17.6 Å². The van der Waals surface area contributed by atoms with Crippen molar-refractivity contribution in [1.82, 2.24) is 20.2 Å². The maximum absolute atomic E-state index is 11.9. The van der Waals surface area contributed by atoms with E-state index in [1.807, 2.05) is 12.1 Å². The van der Waals surface area contributed by atoms with Crippen LogP contribution in [0.3, 0.4) is 0 Å². The quantitative estimate of drug-likeness (QED) is 0.693. The van der Waals surface area contributed by atoms with Crippen LogP contribution in [-0.4, -0.2) is 31.8 Å². The van der Waals surface area contributed by atoms with Crippen LogP contribution in [0.5, 0.6) is 0 Å². The van der Waals surface area contributed by atoms with Crippen molar-refractivity contribution in [3.8, 4) is 11.4 Å². The molecule has 0 unspecified atom stereocenters. The molecule has 0 saturated heterocycles. The number of aromatic amines is 1. The molecule has 2 N–H and O–H groups in total. The van der Waals surface area contributed by atoms with Gasteiger partial charge in [-0.25, -0.2) is 4.98 Å². The largest absolute Gasteiger partial charge is 0.324 e. The fourth-order valence-electron chi connectivity index (χ4n) is 1.81. The van der Waals surface area contributed by atoms with E-state index in [2.05, 4.69) is 25.5 Å². The van der Waals surface area contributed by atoms with Gasteiger partial charge in [-0.2, -0.15) is 0 Å². The van der Waals surface area contributed by atoms with Crippen molar-refractivity contribution < 1.29 is 4.79 Å². The van der Waals surface area contributed by atoms with Gasteiger partial charge in [0.25, 0.3) is 0 Å². The van der Waals surface area contributed by atoms with Crippen molar-refractivity contribution in [2.75, 3.05) is 11.1 Å². The summed E-state index contributed by atoms with van der Waals surface area (Å²) in [7, 11) is 0. The van der Waals surface area contributed by atoms with Crippen LogP contribution >= 0.6 is 23.4 Å².